The van der Waals surface area contributed by atoms with Gasteiger partial charge in [-0.2, -0.15) is 5.10 Å². The van der Waals surface area contributed by atoms with Crippen LogP contribution in [0.1, 0.15) is 24.5 Å². The minimum absolute atomic E-state index is 0.495. The molecule has 0 saturated carbocycles. The molecular weight excluding hydrogens is 390 g/mol. The van der Waals surface area contributed by atoms with E-state index >= 15 is 0 Å². The van der Waals surface area contributed by atoms with Gasteiger partial charge in [0.1, 0.15) is 11.2 Å². The fourth-order valence-corrected chi connectivity index (χ4v) is 4.78. The summed E-state index contributed by atoms with van der Waals surface area (Å²) in [4.78, 5) is 22.3. The molecule has 2 saturated heterocycles. The first-order valence-electron chi connectivity index (χ1n) is 11.1. The van der Waals surface area contributed by atoms with Crippen LogP contribution in [-0.4, -0.2) is 81.3 Å². The summed E-state index contributed by atoms with van der Waals surface area (Å²) in [6.45, 7) is 6.21. The normalized spacial score (nSPS) is 18.9. The Morgan fingerprint density at radius 1 is 1.06 bits per heavy atom. The zero-order valence-corrected chi connectivity index (χ0v) is 17.7. The molecule has 4 aromatic rings. The molecule has 0 aliphatic carbocycles. The highest BCUT2D eigenvalue weighted by atomic mass is 15.3. The summed E-state index contributed by atoms with van der Waals surface area (Å²) in [5, 5.41) is 12.2. The summed E-state index contributed by atoms with van der Waals surface area (Å²) in [5.74, 6) is 1.24. The molecule has 2 aliphatic rings. The lowest BCUT2D eigenvalue weighted by Gasteiger charge is -2.34. The van der Waals surface area contributed by atoms with E-state index in [0.29, 0.717) is 5.92 Å². The second-order valence-corrected chi connectivity index (χ2v) is 8.66. The number of piperazine rings is 1. The van der Waals surface area contributed by atoms with Crippen molar-refractivity contribution in [3.8, 4) is 11.5 Å². The third kappa shape index (κ3) is 3.34. The van der Waals surface area contributed by atoms with E-state index < -0.39 is 0 Å². The van der Waals surface area contributed by atoms with E-state index in [-0.39, 0.29) is 0 Å². The summed E-state index contributed by atoms with van der Waals surface area (Å²) in [6, 6.07) is 4.27. The number of anilines is 1. The Labute approximate surface area is 180 Å². The van der Waals surface area contributed by atoms with Crippen molar-refractivity contribution in [2.24, 2.45) is 0 Å². The molecule has 160 valence electrons. The molecule has 0 unspecified atom stereocenters. The maximum atomic E-state index is 4.80. The zero-order valence-electron chi connectivity index (χ0n) is 17.7. The number of piperidine rings is 1. The van der Waals surface area contributed by atoms with Gasteiger partial charge in [0.05, 0.1) is 17.4 Å². The Bertz CT molecular complexity index is 1210. The number of nitrogens with one attached hydrogen (secondary N) is 3. The largest absolute Gasteiger partial charge is 0.367 e. The van der Waals surface area contributed by atoms with Crippen LogP contribution in [0.25, 0.3) is 33.6 Å². The molecule has 0 atom stereocenters. The maximum absolute atomic E-state index is 4.80. The van der Waals surface area contributed by atoms with Crippen LogP contribution in [0.4, 0.5) is 5.69 Å². The Morgan fingerprint density at radius 3 is 2.74 bits per heavy atom. The number of aromatic amines is 2. The summed E-state index contributed by atoms with van der Waals surface area (Å²) < 4.78 is 0. The highest BCUT2D eigenvalue weighted by Crippen LogP contribution is 2.32. The van der Waals surface area contributed by atoms with Gasteiger partial charge < -0.3 is 20.1 Å². The SMILES string of the molecule is CN1CCN(c2ccnc3nc(-c4n[nH]c5cnc(C6CCNCC6)cc45)[nH]c23)CC1. The van der Waals surface area contributed by atoms with Crippen LogP contribution in [-0.2, 0) is 0 Å². The van der Waals surface area contributed by atoms with Gasteiger partial charge in [-0.05, 0) is 45.1 Å². The van der Waals surface area contributed by atoms with Crippen molar-refractivity contribution in [1.29, 1.82) is 0 Å². The van der Waals surface area contributed by atoms with Crippen molar-refractivity contribution in [2.75, 3.05) is 51.2 Å². The molecule has 0 aromatic carbocycles. The number of imidazole rings is 1. The van der Waals surface area contributed by atoms with Crippen LogP contribution >= 0.6 is 0 Å². The summed E-state index contributed by atoms with van der Waals surface area (Å²) in [7, 11) is 2.17. The number of pyridine rings is 2. The van der Waals surface area contributed by atoms with Gasteiger partial charge in [-0.25, -0.2) is 9.97 Å². The van der Waals surface area contributed by atoms with Crippen LogP contribution in [0.5, 0.6) is 0 Å². The Balaban J connectivity index is 1.40. The van der Waals surface area contributed by atoms with Crippen LogP contribution in [0, 0.1) is 0 Å². The highest BCUT2D eigenvalue weighted by Gasteiger charge is 2.22. The van der Waals surface area contributed by atoms with Crippen LogP contribution in [0.15, 0.2) is 24.5 Å². The summed E-state index contributed by atoms with van der Waals surface area (Å²) in [6.07, 6.45) is 5.99. The molecule has 4 aromatic heterocycles. The first-order valence-corrected chi connectivity index (χ1v) is 11.1. The van der Waals surface area contributed by atoms with Gasteiger partial charge in [0.2, 0.25) is 0 Å². The highest BCUT2D eigenvalue weighted by molar-refractivity contribution is 5.94. The third-order valence-corrected chi connectivity index (χ3v) is 6.66. The lowest BCUT2D eigenvalue weighted by molar-refractivity contribution is 0.313. The number of likely N-dealkylation sites (N-methyl/N-ethyl adjacent to an activating group) is 1. The number of hydrogen-bond donors (Lipinski definition) is 3. The average molecular weight is 418 g/mol. The van der Waals surface area contributed by atoms with Gasteiger partial charge >= 0.3 is 0 Å². The molecule has 6 rings (SSSR count). The lowest BCUT2D eigenvalue weighted by Crippen LogP contribution is -2.44. The van der Waals surface area contributed by atoms with E-state index in [0.717, 1.165) is 97.1 Å². The van der Waals surface area contributed by atoms with E-state index in [1.54, 1.807) is 0 Å². The molecule has 9 heteroatoms. The predicted octanol–water partition coefficient (Wildman–Crippen LogP) is 2.11. The molecule has 0 amide bonds. The first-order chi connectivity index (χ1) is 15.3. The summed E-state index contributed by atoms with van der Waals surface area (Å²) in [5.41, 5.74) is 5.77. The van der Waals surface area contributed by atoms with E-state index in [1.165, 1.54) is 0 Å². The Morgan fingerprint density at radius 2 is 1.90 bits per heavy atom. The minimum Gasteiger partial charge on any atom is -0.367 e. The molecule has 0 bridgehead atoms. The van der Waals surface area contributed by atoms with Gasteiger partial charge in [-0.15, -0.1) is 0 Å². The molecule has 0 spiro atoms. The standard InChI is InChI=1S/C22H27N9/c1-30-8-10-31(11-9-30)18-4-7-24-21-20(18)26-22(27-21)19-15-12-16(14-2-5-23-6-3-14)25-13-17(15)28-29-19/h4,7,12-14,23H,2-3,5-6,8-11H2,1H3,(H,28,29)(H,24,26,27). The molecule has 6 heterocycles. The molecule has 31 heavy (non-hydrogen) atoms. The Hall–Kier alpha value is -3.04. The van der Waals surface area contributed by atoms with Crippen molar-refractivity contribution in [1.82, 2.24) is 40.3 Å². The number of hydrogen-bond acceptors (Lipinski definition) is 7. The van der Waals surface area contributed by atoms with Gasteiger partial charge in [0.15, 0.2) is 11.5 Å². The number of aromatic nitrogens is 6. The van der Waals surface area contributed by atoms with Crippen molar-refractivity contribution < 1.29 is 0 Å². The van der Waals surface area contributed by atoms with E-state index in [1.807, 2.05) is 12.4 Å². The van der Waals surface area contributed by atoms with Gasteiger partial charge in [0.25, 0.3) is 0 Å². The second kappa shape index (κ2) is 7.58. The van der Waals surface area contributed by atoms with Crippen LogP contribution in [0.2, 0.25) is 0 Å². The predicted molar refractivity (Wildman–Crippen MR) is 121 cm³/mol. The van der Waals surface area contributed by atoms with Crippen molar-refractivity contribution in [3.63, 3.8) is 0 Å². The van der Waals surface area contributed by atoms with Crippen molar-refractivity contribution in [2.45, 2.75) is 18.8 Å². The molecule has 0 radical (unpaired) electrons. The molecule has 2 aliphatic heterocycles. The fraction of sp³-hybridized carbons (Fsp3) is 0.455. The van der Waals surface area contributed by atoms with Gasteiger partial charge in [-0.1, -0.05) is 0 Å². The van der Waals surface area contributed by atoms with E-state index in [4.69, 9.17) is 9.97 Å². The minimum atomic E-state index is 0.495. The van der Waals surface area contributed by atoms with Crippen molar-refractivity contribution >= 4 is 27.8 Å². The quantitative estimate of drug-likeness (QED) is 0.469. The monoisotopic (exact) mass is 417 g/mol. The maximum Gasteiger partial charge on any atom is 0.180 e. The number of H-pyrrole nitrogens is 2. The topological polar surface area (TPSA) is 102 Å². The lowest BCUT2D eigenvalue weighted by atomic mass is 9.93. The zero-order chi connectivity index (χ0) is 20.8. The van der Waals surface area contributed by atoms with E-state index in [2.05, 4.69) is 54.5 Å². The van der Waals surface area contributed by atoms with E-state index in [9.17, 15) is 0 Å². The fourth-order valence-electron chi connectivity index (χ4n) is 4.78. The van der Waals surface area contributed by atoms with Gasteiger partial charge in [0, 0.05) is 49.4 Å². The van der Waals surface area contributed by atoms with Crippen molar-refractivity contribution in [3.05, 3.63) is 30.2 Å². The Kier molecular flexibility index (Phi) is 4.57. The first kappa shape index (κ1) is 18.7. The molecule has 9 nitrogen and oxygen atoms in total. The number of rotatable bonds is 3. The summed E-state index contributed by atoms with van der Waals surface area (Å²) >= 11 is 0. The van der Waals surface area contributed by atoms with Gasteiger partial charge in [-0.3, -0.25) is 10.1 Å². The number of nitrogens with zero attached hydrogens (tertiary/aromatic N) is 6. The molecule has 2 fully saturated rings. The number of fused-ring (bicyclic) bond motifs is 2. The third-order valence-electron chi connectivity index (χ3n) is 6.66. The van der Waals surface area contributed by atoms with Crippen LogP contribution < -0.4 is 10.2 Å². The average Bonchev–Trinajstić information content (AvgIpc) is 3.43. The molecular formula is C22H27N9. The smallest absolute Gasteiger partial charge is 0.180 e. The molecule has 3 N–H and O–H groups in total. The second-order valence-electron chi connectivity index (χ2n) is 8.66. The van der Waals surface area contributed by atoms with Crippen LogP contribution in [0.3, 0.4) is 0 Å².